The molecule has 0 saturated heterocycles. The number of benzene rings is 1. The molecule has 0 aliphatic carbocycles. The first-order chi connectivity index (χ1) is 10.2. The van der Waals surface area contributed by atoms with Gasteiger partial charge in [0.2, 0.25) is 0 Å². The van der Waals surface area contributed by atoms with E-state index < -0.39 is 0 Å². The summed E-state index contributed by atoms with van der Waals surface area (Å²) in [4.78, 5) is 16.4. The van der Waals surface area contributed by atoms with Crippen molar-refractivity contribution in [2.75, 3.05) is 19.5 Å². The number of carbonyl (C=O) groups is 1. The predicted molar refractivity (Wildman–Crippen MR) is 79.6 cm³/mol. The molecule has 0 bridgehead atoms. The van der Waals surface area contributed by atoms with Crippen molar-refractivity contribution < 1.29 is 14.3 Å². The highest BCUT2D eigenvalue weighted by molar-refractivity contribution is 6.06. The van der Waals surface area contributed by atoms with E-state index in [0.29, 0.717) is 29.4 Å². The lowest BCUT2D eigenvalue weighted by molar-refractivity contribution is 0.102. The van der Waals surface area contributed by atoms with E-state index in [2.05, 4.69) is 10.3 Å². The van der Waals surface area contributed by atoms with Crippen LogP contribution in [0.5, 0.6) is 11.5 Å². The molecule has 0 saturated carbocycles. The van der Waals surface area contributed by atoms with Gasteiger partial charge in [-0.1, -0.05) is 6.07 Å². The third-order valence-corrected chi connectivity index (χ3v) is 2.95. The molecule has 1 aromatic carbocycles. The van der Waals surface area contributed by atoms with Crippen LogP contribution in [0.4, 0.5) is 5.82 Å². The van der Waals surface area contributed by atoms with E-state index >= 15 is 0 Å². The highest BCUT2D eigenvalue weighted by atomic mass is 16.5. The monoisotopic (exact) mass is 287 g/mol. The fraction of sp³-hybridized carbons (Fsp3) is 0.200. The number of aromatic nitrogens is 1. The minimum atomic E-state index is -0.321. The van der Waals surface area contributed by atoms with Crippen LogP contribution in [-0.4, -0.2) is 25.1 Å². The molecule has 6 nitrogen and oxygen atoms in total. The van der Waals surface area contributed by atoms with Crippen molar-refractivity contribution in [3.8, 4) is 11.5 Å². The molecule has 6 heteroatoms. The molecule has 2 rings (SSSR count). The maximum Gasteiger partial charge on any atom is 0.260 e. The maximum absolute atomic E-state index is 12.3. The average Bonchev–Trinajstić information content (AvgIpc) is 2.54. The number of anilines is 1. The molecule has 3 N–H and O–H groups in total. The Morgan fingerprint density at radius 2 is 2.05 bits per heavy atom. The summed E-state index contributed by atoms with van der Waals surface area (Å²) in [5.41, 5.74) is 6.78. The van der Waals surface area contributed by atoms with E-state index in [9.17, 15) is 4.79 Å². The molecule has 0 aliphatic rings. The second-order valence-corrected chi connectivity index (χ2v) is 4.28. The molecule has 0 atom stereocenters. The van der Waals surface area contributed by atoms with Crippen LogP contribution in [0, 0.1) is 0 Å². The molecule has 0 fully saturated rings. The predicted octanol–water partition coefficient (Wildman–Crippen LogP) is 1.81. The number of carbonyl (C=O) groups excluding carboxylic acids is 1. The molecule has 1 heterocycles. The summed E-state index contributed by atoms with van der Waals surface area (Å²) < 4.78 is 10.3. The highest BCUT2D eigenvalue weighted by Crippen LogP contribution is 2.24. The number of amides is 1. The number of pyridine rings is 1. The van der Waals surface area contributed by atoms with E-state index in [4.69, 9.17) is 15.2 Å². The number of nitrogens with zero attached hydrogens (tertiary/aromatic N) is 1. The summed E-state index contributed by atoms with van der Waals surface area (Å²) in [5.74, 6) is 1.17. The first kappa shape index (κ1) is 14.8. The molecular formula is C15H17N3O3. The number of hydrogen-bond acceptors (Lipinski definition) is 5. The second-order valence-electron chi connectivity index (χ2n) is 4.28. The molecule has 0 unspecified atom stereocenters. The van der Waals surface area contributed by atoms with Crippen molar-refractivity contribution in [2.24, 2.45) is 5.73 Å². The van der Waals surface area contributed by atoms with Crippen LogP contribution >= 0.6 is 0 Å². The van der Waals surface area contributed by atoms with Crippen molar-refractivity contribution in [3.05, 3.63) is 47.7 Å². The molecule has 2 aromatic rings. The number of nitrogens with one attached hydrogen (secondary N) is 1. The zero-order chi connectivity index (χ0) is 15.2. The Morgan fingerprint density at radius 1 is 1.24 bits per heavy atom. The minimum absolute atomic E-state index is 0.321. The standard InChI is InChI=1S/C15H17N3O3/c1-20-11-4-5-13(21-2)12(7-11)15(19)18-14-6-3-10(8-16)9-17-14/h3-7,9H,8,16H2,1-2H3,(H,17,18,19). The van der Waals surface area contributed by atoms with Crippen molar-refractivity contribution in [3.63, 3.8) is 0 Å². The largest absolute Gasteiger partial charge is 0.497 e. The van der Waals surface area contributed by atoms with Crippen LogP contribution in [0.2, 0.25) is 0 Å². The topological polar surface area (TPSA) is 86.5 Å². The number of methoxy groups -OCH3 is 2. The van der Waals surface area contributed by atoms with Crippen LogP contribution in [0.3, 0.4) is 0 Å². The van der Waals surface area contributed by atoms with Crippen molar-refractivity contribution in [1.82, 2.24) is 4.98 Å². The lowest BCUT2D eigenvalue weighted by atomic mass is 10.1. The van der Waals surface area contributed by atoms with Gasteiger partial charge in [-0.2, -0.15) is 0 Å². The zero-order valence-corrected chi connectivity index (χ0v) is 11.9. The number of nitrogens with two attached hydrogens (primary N) is 1. The average molecular weight is 287 g/mol. The Kier molecular flexibility index (Phi) is 4.73. The van der Waals surface area contributed by atoms with Gasteiger partial charge < -0.3 is 20.5 Å². The summed E-state index contributed by atoms with van der Waals surface area (Å²) in [6, 6.07) is 8.53. The van der Waals surface area contributed by atoms with Gasteiger partial charge in [0.05, 0.1) is 19.8 Å². The Morgan fingerprint density at radius 3 is 2.62 bits per heavy atom. The number of hydrogen-bond donors (Lipinski definition) is 2. The summed E-state index contributed by atoms with van der Waals surface area (Å²) in [5, 5.41) is 2.71. The molecule has 1 aromatic heterocycles. The summed E-state index contributed by atoms with van der Waals surface area (Å²) in [6.07, 6.45) is 1.62. The van der Waals surface area contributed by atoms with Crippen LogP contribution in [0.1, 0.15) is 15.9 Å². The van der Waals surface area contributed by atoms with Gasteiger partial charge in [-0.25, -0.2) is 4.98 Å². The number of ether oxygens (including phenoxy) is 2. The second kappa shape index (κ2) is 6.71. The first-order valence-corrected chi connectivity index (χ1v) is 6.36. The van der Waals surface area contributed by atoms with Crippen LogP contribution < -0.4 is 20.5 Å². The maximum atomic E-state index is 12.3. The van der Waals surface area contributed by atoms with Gasteiger partial charge in [0, 0.05) is 12.7 Å². The van der Waals surface area contributed by atoms with E-state index in [1.807, 2.05) is 6.07 Å². The minimum Gasteiger partial charge on any atom is -0.497 e. The molecule has 110 valence electrons. The summed E-state index contributed by atoms with van der Waals surface area (Å²) in [6.45, 7) is 0.408. The lowest BCUT2D eigenvalue weighted by Crippen LogP contribution is -2.14. The SMILES string of the molecule is COc1ccc(OC)c(C(=O)Nc2ccc(CN)cn2)c1. The molecule has 0 radical (unpaired) electrons. The van der Waals surface area contributed by atoms with E-state index in [1.165, 1.54) is 14.2 Å². The van der Waals surface area contributed by atoms with Gasteiger partial charge in [-0.3, -0.25) is 4.79 Å². The van der Waals surface area contributed by atoms with Crippen molar-refractivity contribution in [1.29, 1.82) is 0 Å². The summed E-state index contributed by atoms with van der Waals surface area (Å²) in [7, 11) is 3.05. The third-order valence-electron chi connectivity index (χ3n) is 2.95. The van der Waals surface area contributed by atoms with Crippen LogP contribution in [0.15, 0.2) is 36.5 Å². The van der Waals surface area contributed by atoms with E-state index in [-0.39, 0.29) is 5.91 Å². The van der Waals surface area contributed by atoms with Gasteiger partial charge in [0.1, 0.15) is 17.3 Å². The molecule has 1 amide bonds. The third kappa shape index (κ3) is 3.49. The molecule has 0 aliphatic heterocycles. The van der Waals surface area contributed by atoms with E-state index in [0.717, 1.165) is 5.56 Å². The Balaban J connectivity index is 2.22. The zero-order valence-electron chi connectivity index (χ0n) is 11.9. The molecule has 21 heavy (non-hydrogen) atoms. The normalized spacial score (nSPS) is 10.0. The number of rotatable bonds is 5. The van der Waals surface area contributed by atoms with Gasteiger partial charge in [0.15, 0.2) is 0 Å². The van der Waals surface area contributed by atoms with Gasteiger partial charge in [0.25, 0.3) is 5.91 Å². The fourth-order valence-corrected chi connectivity index (χ4v) is 1.79. The van der Waals surface area contributed by atoms with Gasteiger partial charge >= 0.3 is 0 Å². The van der Waals surface area contributed by atoms with Crippen molar-refractivity contribution in [2.45, 2.75) is 6.54 Å². The fourth-order valence-electron chi connectivity index (χ4n) is 1.79. The molecule has 0 spiro atoms. The van der Waals surface area contributed by atoms with E-state index in [1.54, 1.807) is 30.5 Å². The lowest BCUT2D eigenvalue weighted by Gasteiger charge is -2.10. The van der Waals surface area contributed by atoms with Crippen LogP contribution in [-0.2, 0) is 6.54 Å². The van der Waals surface area contributed by atoms with Gasteiger partial charge in [-0.05, 0) is 29.8 Å². The van der Waals surface area contributed by atoms with Crippen molar-refractivity contribution >= 4 is 11.7 Å². The Labute approximate surface area is 122 Å². The molecular weight excluding hydrogens is 270 g/mol. The summed E-state index contributed by atoms with van der Waals surface area (Å²) >= 11 is 0. The van der Waals surface area contributed by atoms with Gasteiger partial charge in [-0.15, -0.1) is 0 Å². The highest BCUT2D eigenvalue weighted by Gasteiger charge is 2.14. The smallest absolute Gasteiger partial charge is 0.260 e. The van der Waals surface area contributed by atoms with Crippen LogP contribution in [0.25, 0.3) is 0 Å². The Bertz CT molecular complexity index is 627. The first-order valence-electron chi connectivity index (χ1n) is 6.36. The quantitative estimate of drug-likeness (QED) is 0.875. The Hall–Kier alpha value is -2.60.